The first-order valence-electron chi connectivity index (χ1n) is 15.5. The van der Waals surface area contributed by atoms with E-state index in [0.717, 1.165) is 10.8 Å². The fourth-order valence-electron chi connectivity index (χ4n) is 5.48. The molecule has 1 aliphatic heterocycles. The van der Waals surface area contributed by atoms with Gasteiger partial charge in [0.05, 0.1) is 6.42 Å². The molecule has 1 heterocycles. The molecule has 10 nitrogen and oxygen atoms in total. The summed E-state index contributed by atoms with van der Waals surface area (Å²) >= 11 is 0. The van der Waals surface area contributed by atoms with Crippen LogP contribution < -0.4 is 16.0 Å². The Morgan fingerprint density at radius 1 is 0.848 bits per heavy atom. The normalized spacial score (nSPS) is 14.2. The van der Waals surface area contributed by atoms with Crippen LogP contribution in [0.1, 0.15) is 42.1 Å². The highest BCUT2D eigenvalue weighted by Gasteiger charge is 2.31. The third-order valence-electron chi connectivity index (χ3n) is 8.00. The molecule has 5 amide bonds. The molecule has 4 rings (SSSR count). The first-order valence-corrected chi connectivity index (χ1v) is 15.5. The lowest BCUT2D eigenvalue weighted by molar-refractivity contribution is -0.142. The molecule has 0 spiro atoms. The largest absolute Gasteiger partial charge is 0.353 e. The van der Waals surface area contributed by atoms with Gasteiger partial charge in [0, 0.05) is 38.3 Å². The van der Waals surface area contributed by atoms with Gasteiger partial charge in [-0.2, -0.15) is 0 Å². The van der Waals surface area contributed by atoms with Crippen LogP contribution in [0.4, 0.5) is 4.39 Å². The minimum Gasteiger partial charge on any atom is -0.353 e. The molecule has 3 aromatic rings. The van der Waals surface area contributed by atoms with Crippen LogP contribution in [0.15, 0.2) is 79.4 Å². The van der Waals surface area contributed by atoms with Gasteiger partial charge in [0.2, 0.25) is 23.6 Å². The average Bonchev–Trinajstić information content (AvgIpc) is 3.07. The summed E-state index contributed by atoms with van der Waals surface area (Å²) < 4.78 is 14.1. The van der Waals surface area contributed by atoms with Crippen molar-refractivity contribution in [3.63, 3.8) is 0 Å². The zero-order valence-electron chi connectivity index (χ0n) is 26.0. The lowest BCUT2D eigenvalue weighted by Crippen LogP contribution is -2.58. The second-order valence-electron chi connectivity index (χ2n) is 11.3. The van der Waals surface area contributed by atoms with E-state index in [0.29, 0.717) is 31.4 Å². The zero-order valence-corrected chi connectivity index (χ0v) is 26.0. The van der Waals surface area contributed by atoms with E-state index in [2.05, 4.69) is 22.5 Å². The van der Waals surface area contributed by atoms with Crippen molar-refractivity contribution >= 4 is 40.3 Å². The maximum atomic E-state index is 14.1. The second kappa shape index (κ2) is 16.3. The van der Waals surface area contributed by atoms with Crippen LogP contribution in [-0.2, 0) is 25.6 Å². The Balaban J connectivity index is 1.33. The standard InChI is InChI=1S/C35H40FN5O5/c1-3-31(42)37-18-9-8-17-30(39-32(43)23-26-12-5-7-16-29(26)36)35(46)41-21-19-40(20-22-41)34(45)24(2)38-33(44)28-15-10-13-25-11-4-6-14-27(25)28/h3-7,10-16,24,30H,1,8-9,17-23H2,2H3,(H,37,42)(H,38,44)(H,39,43)/t24-,30-/m0/s1. The number of nitrogens with one attached hydrogen (secondary N) is 3. The van der Waals surface area contributed by atoms with Gasteiger partial charge in [-0.05, 0) is 60.7 Å². The number of fused-ring (bicyclic) bond motifs is 1. The summed E-state index contributed by atoms with van der Waals surface area (Å²) in [7, 11) is 0. The summed E-state index contributed by atoms with van der Waals surface area (Å²) in [6.07, 6.45) is 2.41. The average molecular weight is 630 g/mol. The molecule has 0 saturated carbocycles. The van der Waals surface area contributed by atoms with E-state index < -0.39 is 23.8 Å². The number of nitrogens with zero attached hydrogens (tertiary/aromatic N) is 2. The summed E-state index contributed by atoms with van der Waals surface area (Å²) in [5.41, 5.74) is 0.714. The summed E-state index contributed by atoms with van der Waals surface area (Å²) in [4.78, 5) is 67.4. The minimum absolute atomic E-state index is 0.212. The van der Waals surface area contributed by atoms with Crippen molar-refractivity contribution in [2.75, 3.05) is 32.7 Å². The molecular weight excluding hydrogens is 589 g/mol. The molecule has 46 heavy (non-hydrogen) atoms. The molecule has 242 valence electrons. The predicted molar refractivity (Wildman–Crippen MR) is 173 cm³/mol. The van der Waals surface area contributed by atoms with Crippen LogP contribution in [0.2, 0.25) is 0 Å². The summed E-state index contributed by atoms with van der Waals surface area (Å²) in [5.74, 6) is -2.15. The predicted octanol–water partition coefficient (Wildman–Crippen LogP) is 2.97. The molecule has 0 radical (unpaired) electrons. The molecule has 3 aromatic carbocycles. The molecule has 0 bridgehead atoms. The second-order valence-corrected chi connectivity index (χ2v) is 11.3. The van der Waals surface area contributed by atoms with Gasteiger partial charge in [0.1, 0.15) is 17.9 Å². The van der Waals surface area contributed by atoms with Crippen LogP contribution in [0.5, 0.6) is 0 Å². The zero-order chi connectivity index (χ0) is 33.1. The van der Waals surface area contributed by atoms with Crippen LogP contribution in [0.25, 0.3) is 10.8 Å². The van der Waals surface area contributed by atoms with E-state index in [1.54, 1.807) is 41.0 Å². The number of carbonyl (C=O) groups excluding carboxylic acids is 5. The lowest BCUT2D eigenvalue weighted by Gasteiger charge is -2.37. The van der Waals surface area contributed by atoms with Crippen LogP contribution >= 0.6 is 0 Å². The Hall–Kier alpha value is -5.06. The van der Waals surface area contributed by atoms with Crippen molar-refractivity contribution in [3.8, 4) is 0 Å². The van der Waals surface area contributed by atoms with Crippen molar-refractivity contribution in [3.05, 3.63) is 96.3 Å². The molecule has 0 aliphatic carbocycles. The first-order chi connectivity index (χ1) is 22.2. The van der Waals surface area contributed by atoms with Crippen LogP contribution in [0, 0.1) is 5.82 Å². The number of rotatable bonds is 13. The fourth-order valence-corrected chi connectivity index (χ4v) is 5.48. The molecular formula is C35H40FN5O5. The summed E-state index contributed by atoms with van der Waals surface area (Å²) in [5, 5.41) is 10.00. The van der Waals surface area contributed by atoms with E-state index >= 15 is 0 Å². The molecule has 11 heteroatoms. The van der Waals surface area contributed by atoms with Crippen molar-refractivity contribution in [2.24, 2.45) is 0 Å². The number of hydrogen-bond donors (Lipinski definition) is 3. The maximum absolute atomic E-state index is 14.1. The van der Waals surface area contributed by atoms with Crippen molar-refractivity contribution in [2.45, 2.75) is 44.7 Å². The Morgan fingerprint density at radius 3 is 2.22 bits per heavy atom. The number of carbonyl (C=O) groups is 5. The van der Waals surface area contributed by atoms with Gasteiger partial charge >= 0.3 is 0 Å². The number of benzene rings is 3. The highest BCUT2D eigenvalue weighted by atomic mass is 19.1. The Labute approximate surface area is 268 Å². The third-order valence-corrected chi connectivity index (χ3v) is 8.00. The highest BCUT2D eigenvalue weighted by molar-refractivity contribution is 6.08. The van der Waals surface area contributed by atoms with E-state index in [1.165, 1.54) is 18.2 Å². The molecule has 1 aliphatic rings. The maximum Gasteiger partial charge on any atom is 0.252 e. The SMILES string of the molecule is C=CC(=O)NCCCC[C@H](NC(=O)Cc1ccccc1F)C(=O)N1CCN(C(=O)[C@H](C)NC(=O)c2cccc3ccccc23)CC1. The van der Waals surface area contributed by atoms with Gasteiger partial charge < -0.3 is 25.8 Å². The highest BCUT2D eigenvalue weighted by Crippen LogP contribution is 2.19. The lowest BCUT2D eigenvalue weighted by atomic mass is 10.0. The number of halogens is 1. The van der Waals surface area contributed by atoms with Crippen molar-refractivity contribution in [1.82, 2.24) is 25.8 Å². The van der Waals surface area contributed by atoms with Crippen LogP contribution in [0.3, 0.4) is 0 Å². The molecule has 1 fully saturated rings. The number of hydrogen-bond acceptors (Lipinski definition) is 5. The number of amides is 5. The monoisotopic (exact) mass is 629 g/mol. The minimum atomic E-state index is -0.851. The molecule has 3 N–H and O–H groups in total. The third kappa shape index (κ3) is 8.99. The van der Waals surface area contributed by atoms with Gasteiger partial charge in [-0.3, -0.25) is 24.0 Å². The van der Waals surface area contributed by atoms with Crippen molar-refractivity contribution in [1.29, 1.82) is 0 Å². The Morgan fingerprint density at radius 2 is 1.50 bits per heavy atom. The van der Waals surface area contributed by atoms with Gasteiger partial charge in [0.25, 0.3) is 5.91 Å². The van der Waals surface area contributed by atoms with E-state index in [-0.39, 0.29) is 61.8 Å². The molecule has 1 saturated heterocycles. The summed E-state index contributed by atoms with van der Waals surface area (Å²) in [6.45, 7) is 6.49. The summed E-state index contributed by atoms with van der Waals surface area (Å²) in [6, 6.07) is 17.3. The van der Waals surface area contributed by atoms with Gasteiger partial charge in [-0.1, -0.05) is 61.2 Å². The Bertz CT molecular complexity index is 1580. The van der Waals surface area contributed by atoms with E-state index in [9.17, 15) is 28.4 Å². The van der Waals surface area contributed by atoms with Crippen LogP contribution in [-0.4, -0.2) is 84.1 Å². The quantitative estimate of drug-likeness (QED) is 0.198. The molecule has 2 atom stereocenters. The Kier molecular flexibility index (Phi) is 12.0. The van der Waals surface area contributed by atoms with Gasteiger partial charge in [0.15, 0.2) is 0 Å². The van der Waals surface area contributed by atoms with E-state index in [1.807, 2.05) is 30.3 Å². The molecule has 0 unspecified atom stereocenters. The van der Waals surface area contributed by atoms with Gasteiger partial charge in [-0.15, -0.1) is 0 Å². The molecule has 0 aromatic heterocycles. The number of unbranched alkanes of at least 4 members (excludes halogenated alkanes) is 1. The first kappa shape index (κ1) is 33.8. The smallest absolute Gasteiger partial charge is 0.252 e. The topological polar surface area (TPSA) is 128 Å². The van der Waals surface area contributed by atoms with Crippen molar-refractivity contribution < 1.29 is 28.4 Å². The number of piperazine rings is 1. The fraction of sp³-hybridized carbons (Fsp3) is 0.343. The van der Waals surface area contributed by atoms with Gasteiger partial charge in [-0.25, -0.2) is 4.39 Å². The van der Waals surface area contributed by atoms with E-state index in [4.69, 9.17) is 0 Å².